The highest BCUT2D eigenvalue weighted by Gasteiger charge is 2.23. The van der Waals surface area contributed by atoms with Gasteiger partial charge < -0.3 is 14.5 Å². The van der Waals surface area contributed by atoms with E-state index in [2.05, 4.69) is 55.3 Å². The second-order valence-corrected chi connectivity index (χ2v) is 6.78. The molecular formula is C20H22N2O2. The molecular weight excluding hydrogens is 300 g/mol. The van der Waals surface area contributed by atoms with Crippen LogP contribution < -0.4 is 10.1 Å². The summed E-state index contributed by atoms with van der Waals surface area (Å²) >= 11 is 0. The lowest BCUT2D eigenvalue weighted by molar-refractivity contribution is 0.273. The van der Waals surface area contributed by atoms with Gasteiger partial charge in [-0.05, 0) is 36.6 Å². The van der Waals surface area contributed by atoms with Gasteiger partial charge in [-0.15, -0.1) is 0 Å². The minimum Gasteiger partial charge on any atom is -0.493 e. The van der Waals surface area contributed by atoms with Crippen molar-refractivity contribution in [3.05, 3.63) is 53.1 Å². The van der Waals surface area contributed by atoms with E-state index in [-0.39, 0.29) is 6.04 Å². The topological polar surface area (TPSA) is 47.3 Å². The molecule has 4 rings (SSSR count). The summed E-state index contributed by atoms with van der Waals surface area (Å²) < 4.78 is 11.6. The first-order chi connectivity index (χ1) is 11.6. The number of aryl methyl sites for hydroxylation is 1. The Morgan fingerprint density at radius 2 is 2.04 bits per heavy atom. The molecule has 0 radical (unpaired) electrons. The number of hydrogen-bond donors (Lipinski definition) is 1. The van der Waals surface area contributed by atoms with Gasteiger partial charge in [0, 0.05) is 12.0 Å². The molecule has 4 heteroatoms. The first-order valence-electron chi connectivity index (χ1n) is 8.50. The standard InChI is InChI=1S/C20H22N2O2/c1-12(2)14-5-7-19-17(11-14)22-20(24-19)21-16-8-9-23-18-6-4-13(3)10-15(16)18/h4-7,10-12,16H,8-9H2,1-3H3,(H,21,22). The molecule has 24 heavy (non-hydrogen) atoms. The average Bonchev–Trinajstić information content (AvgIpc) is 2.96. The van der Waals surface area contributed by atoms with Gasteiger partial charge in [0.25, 0.3) is 6.01 Å². The number of rotatable bonds is 3. The number of anilines is 1. The molecule has 1 aromatic heterocycles. The lowest BCUT2D eigenvalue weighted by Gasteiger charge is -2.26. The highest BCUT2D eigenvalue weighted by molar-refractivity contribution is 5.75. The van der Waals surface area contributed by atoms with Crippen molar-refractivity contribution in [3.8, 4) is 5.75 Å². The molecule has 1 unspecified atom stereocenters. The molecule has 0 amide bonds. The maximum atomic E-state index is 5.89. The van der Waals surface area contributed by atoms with Crippen molar-refractivity contribution in [2.45, 2.75) is 39.2 Å². The minimum absolute atomic E-state index is 0.159. The van der Waals surface area contributed by atoms with Gasteiger partial charge in [-0.2, -0.15) is 4.98 Å². The molecule has 0 saturated carbocycles. The lowest BCUT2D eigenvalue weighted by Crippen LogP contribution is -2.20. The number of ether oxygens (including phenoxy) is 1. The van der Waals surface area contributed by atoms with E-state index in [0.717, 1.165) is 23.3 Å². The number of nitrogens with one attached hydrogen (secondary N) is 1. The first kappa shape index (κ1) is 15.1. The van der Waals surface area contributed by atoms with Crippen molar-refractivity contribution in [2.75, 3.05) is 11.9 Å². The molecule has 3 aromatic rings. The normalized spacial score (nSPS) is 16.9. The van der Waals surface area contributed by atoms with E-state index in [1.54, 1.807) is 0 Å². The summed E-state index contributed by atoms with van der Waals surface area (Å²) in [6, 6.07) is 13.2. The summed E-state index contributed by atoms with van der Waals surface area (Å²) in [6.45, 7) is 7.16. The summed E-state index contributed by atoms with van der Waals surface area (Å²) in [5, 5.41) is 3.44. The maximum Gasteiger partial charge on any atom is 0.296 e. The fourth-order valence-electron chi connectivity index (χ4n) is 3.18. The smallest absolute Gasteiger partial charge is 0.296 e. The van der Waals surface area contributed by atoms with Crippen molar-refractivity contribution in [1.82, 2.24) is 4.98 Å². The van der Waals surface area contributed by atoms with Crippen LogP contribution in [0.2, 0.25) is 0 Å². The van der Waals surface area contributed by atoms with Crippen LogP contribution in [0.1, 0.15) is 48.9 Å². The van der Waals surface area contributed by atoms with Crippen LogP contribution in [0, 0.1) is 6.92 Å². The van der Waals surface area contributed by atoms with E-state index in [1.165, 1.54) is 16.7 Å². The lowest BCUT2D eigenvalue weighted by atomic mass is 9.99. The summed E-state index contributed by atoms with van der Waals surface area (Å²) in [4.78, 5) is 4.63. The highest BCUT2D eigenvalue weighted by atomic mass is 16.5. The van der Waals surface area contributed by atoms with Gasteiger partial charge in [0.1, 0.15) is 11.3 Å². The minimum atomic E-state index is 0.159. The largest absolute Gasteiger partial charge is 0.493 e. The molecule has 0 bridgehead atoms. The third-order valence-corrected chi connectivity index (χ3v) is 4.58. The molecule has 0 aliphatic carbocycles. The molecule has 124 valence electrons. The quantitative estimate of drug-likeness (QED) is 0.720. The van der Waals surface area contributed by atoms with Gasteiger partial charge in [0.05, 0.1) is 12.6 Å². The fourth-order valence-corrected chi connectivity index (χ4v) is 3.18. The molecule has 2 aromatic carbocycles. The van der Waals surface area contributed by atoms with Crippen LogP contribution in [0.5, 0.6) is 5.75 Å². The molecule has 1 aliphatic rings. The van der Waals surface area contributed by atoms with E-state index in [0.29, 0.717) is 18.5 Å². The molecule has 0 fully saturated rings. The van der Waals surface area contributed by atoms with E-state index in [1.807, 2.05) is 12.1 Å². The van der Waals surface area contributed by atoms with Gasteiger partial charge in [-0.1, -0.05) is 37.6 Å². The summed E-state index contributed by atoms with van der Waals surface area (Å²) in [6.07, 6.45) is 0.895. The van der Waals surface area contributed by atoms with Gasteiger partial charge in [0.15, 0.2) is 5.58 Å². The number of hydrogen-bond acceptors (Lipinski definition) is 4. The van der Waals surface area contributed by atoms with E-state index in [4.69, 9.17) is 9.15 Å². The van der Waals surface area contributed by atoms with Crippen LogP contribution in [0.3, 0.4) is 0 Å². The van der Waals surface area contributed by atoms with Crippen LogP contribution in [-0.4, -0.2) is 11.6 Å². The number of aromatic nitrogens is 1. The molecule has 1 N–H and O–H groups in total. The van der Waals surface area contributed by atoms with Crippen LogP contribution in [0.4, 0.5) is 6.01 Å². The summed E-state index contributed by atoms with van der Waals surface area (Å²) in [5.74, 6) is 1.43. The number of oxazole rings is 1. The van der Waals surface area contributed by atoms with E-state index in [9.17, 15) is 0 Å². The number of fused-ring (bicyclic) bond motifs is 2. The Morgan fingerprint density at radius 1 is 1.17 bits per heavy atom. The van der Waals surface area contributed by atoms with Crippen molar-refractivity contribution in [1.29, 1.82) is 0 Å². The Balaban J connectivity index is 1.64. The Bertz CT molecular complexity index is 882. The fraction of sp³-hybridized carbons (Fsp3) is 0.350. The predicted octanol–water partition coefficient (Wildman–Crippen LogP) is 5.20. The molecule has 0 saturated heterocycles. The zero-order chi connectivity index (χ0) is 16.7. The zero-order valence-corrected chi connectivity index (χ0v) is 14.3. The van der Waals surface area contributed by atoms with Crippen molar-refractivity contribution in [2.24, 2.45) is 0 Å². The Hall–Kier alpha value is -2.49. The van der Waals surface area contributed by atoms with Gasteiger partial charge in [0.2, 0.25) is 0 Å². The van der Waals surface area contributed by atoms with Crippen LogP contribution >= 0.6 is 0 Å². The predicted molar refractivity (Wildman–Crippen MR) is 95.8 cm³/mol. The highest BCUT2D eigenvalue weighted by Crippen LogP contribution is 2.35. The van der Waals surface area contributed by atoms with Gasteiger partial charge >= 0.3 is 0 Å². The summed E-state index contributed by atoms with van der Waals surface area (Å²) in [7, 11) is 0. The van der Waals surface area contributed by atoms with Crippen LogP contribution in [0.15, 0.2) is 40.8 Å². The Kier molecular flexibility index (Phi) is 3.68. The third-order valence-electron chi connectivity index (χ3n) is 4.58. The second kappa shape index (κ2) is 5.86. The Morgan fingerprint density at radius 3 is 2.88 bits per heavy atom. The van der Waals surface area contributed by atoms with E-state index < -0.39 is 0 Å². The van der Waals surface area contributed by atoms with Gasteiger partial charge in [-0.3, -0.25) is 0 Å². The third kappa shape index (κ3) is 2.73. The number of nitrogens with zero attached hydrogens (tertiary/aromatic N) is 1. The molecule has 1 atom stereocenters. The van der Waals surface area contributed by atoms with Crippen molar-refractivity contribution >= 4 is 17.1 Å². The average molecular weight is 322 g/mol. The van der Waals surface area contributed by atoms with Crippen LogP contribution in [0.25, 0.3) is 11.1 Å². The second-order valence-electron chi connectivity index (χ2n) is 6.78. The molecule has 4 nitrogen and oxygen atoms in total. The molecule has 2 heterocycles. The number of benzene rings is 2. The summed E-state index contributed by atoms with van der Waals surface area (Å²) in [5.41, 5.74) is 5.39. The van der Waals surface area contributed by atoms with E-state index >= 15 is 0 Å². The molecule has 0 spiro atoms. The van der Waals surface area contributed by atoms with Gasteiger partial charge in [-0.25, -0.2) is 0 Å². The van der Waals surface area contributed by atoms with Crippen LogP contribution in [-0.2, 0) is 0 Å². The SMILES string of the molecule is Cc1ccc2c(c1)C(Nc1nc3cc(C(C)C)ccc3o1)CCO2. The van der Waals surface area contributed by atoms with Crippen molar-refractivity contribution < 1.29 is 9.15 Å². The first-order valence-corrected chi connectivity index (χ1v) is 8.50. The molecule has 1 aliphatic heterocycles. The monoisotopic (exact) mass is 322 g/mol. The van der Waals surface area contributed by atoms with Crippen molar-refractivity contribution in [3.63, 3.8) is 0 Å². The maximum absolute atomic E-state index is 5.89. The Labute approximate surface area is 141 Å². The zero-order valence-electron chi connectivity index (χ0n) is 14.3.